The molecule has 0 spiro atoms. The topological polar surface area (TPSA) is 120 Å². The van der Waals surface area contributed by atoms with E-state index in [1.54, 1.807) is 24.3 Å². The van der Waals surface area contributed by atoms with Gasteiger partial charge in [0.05, 0.1) is 0 Å². The lowest BCUT2D eigenvalue weighted by molar-refractivity contribution is -0.150. The van der Waals surface area contributed by atoms with Crippen molar-refractivity contribution in [2.45, 2.75) is 51.7 Å². The van der Waals surface area contributed by atoms with Crippen molar-refractivity contribution in [3.63, 3.8) is 0 Å². The highest BCUT2D eigenvalue weighted by atomic mass is 16.5. The Balaban J connectivity index is 1.53. The fraction of sp³-hybridized carbons (Fsp3) is 0.267. The summed E-state index contributed by atoms with van der Waals surface area (Å²) < 4.78 is 15.8. The summed E-state index contributed by atoms with van der Waals surface area (Å²) in [5.41, 5.74) is 2.40. The van der Waals surface area contributed by atoms with E-state index in [1.165, 1.54) is 6.92 Å². The third-order valence-electron chi connectivity index (χ3n) is 5.65. The lowest BCUT2D eigenvalue weighted by Crippen LogP contribution is -2.50. The van der Waals surface area contributed by atoms with Crippen molar-refractivity contribution in [3.8, 4) is 0 Å². The van der Waals surface area contributed by atoms with Crippen LogP contribution in [0.25, 0.3) is 0 Å². The average Bonchev–Trinajstić information content (AvgIpc) is 2.97. The van der Waals surface area contributed by atoms with Crippen LogP contribution >= 0.6 is 0 Å². The molecule has 9 nitrogen and oxygen atoms in total. The number of alkyl carbamates (subject to hydrolysis) is 1. The van der Waals surface area contributed by atoms with E-state index in [1.807, 2.05) is 66.7 Å². The number of carbonyl (C=O) groups excluding carboxylic acids is 4. The molecule has 2 amide bonds. The fourth-order valence-corrected chi connectivity index (χ4v) is 3.45. The molecule has 3 rings (SSSR count). The first-order chi connectivity index (χ1) is 18.9. The average molecular weight is 533 g/mol. The maximum atomic E-state index is 12.8. The Bertz CT molecular complexity index is 1200. The predicted octanol–water partition coefficient (Wildman–Crippen LogP) is 4.05. The van der Waals surface area contributed by atoms with Crippen LogP contribution in [0.15, 0.2) is 91.0 Å². The molecule has 0 aliphatic rings. The molecule has 0 fully saturated rings. The monoisotopic (exact) mass is 532 g/mol. The van der Waals surface area contributed by atoms with Gasteiger partial charge in [0, 0.05) is 6.42 Å². The summed E-state index contributed by atoms with van der Waals surface area (Å²) in [4.78, 5) is 50.1. The van der Waals surface area contributed by atoms with Crippen molar-refractivity contribution >= 4 is 23.9 Å². The molecular formula is C30H32N2O7. The van der Waals surface area contributed by atoms with E-state index in [-0.39, 0.29) is 32.7 Å². The zero-order valence-electron chi connectivity index (χ0n) is 21.7. The lowest BCUT2D eigenvalue weighted by Gasteiger charge is -2.20. The molecule has 0 saturated heterocycles. The highest BCUT2D eigenvalue weighted by Crippen LogP contribution is 2.09. The van der Waals surface area contributed by atoms with Gasteiger partial charge in [-0.15, -0.1) is 0 Å². The minimum absolute atomic E-state index is 0.00408. The van der Waals surface area contributed by atoms with Gasteiger partial charge in [0.2, 0.25) is 5.91 Å². The molecule has 2 N–H and O–H groups in total. The molecule has 9 heteroatoms. The lowest BCUT2D eigenvalue weighted by atomic mass is 10.1. The summed E-state index contributed by atoms with van der Waals surface area (Å²) in [6.07, 6.45) is -0.952. The van der Waals surface area contributed by atoms with Gasteiger partial charge in [-0.3, -0.25) is 9.59 Å². The third kappa shape index (κ3) is 10.7. The molecule has 2 atom stereocenters. The van der Waals surface area contributed by atoms with Gasteiger partial charge in [-0.25, -0.2) is 9.59 Å². The standard InChI is InChI=1S/C30H32N2O7/c1-22(31-30(36)39-21-25-15-9-4-10-16-25)28(34)32-26(29(35)38-20-24-13-7-3-8-14-24)17-18-27(33)37-19-23-11-5-2-6-12-23/h2-16,22,26H,17-21H2,1H3,(H,31,36)(H,32,34)/t22-,26-/m1/s1. The molecular weight excluding hydrogens is 500 g/mol. The Morgan fingerprint density at radius 1 is 0.641 bits per heavy atom. The summed E-state index contributed by atoms with van der Waals surface area (Å²) in [7, 11) is 0. The molecule has 3 aromatic carbocycles. The Kier molecular flexibility index (Phi) is 11.5. The largest absolute Gasteiger partial charge is 0.461 e. The third-order valence-corrected chi connectivity index (χ3v) is 5.65. The molecule has 0 aliphatic heterocycles. The van der Waals surface area contributed by atoms with Crippen LogP contribution in [0.3, 0.4) is 0 Å². The minimum atomic E-state index is -1.13. The maximum Gasteiger partial charge on any atom is 0.408 e. The van der Waals surface area contributed by atoms with Gasteiger partial charge in [-0.1, -0.05) is 91.0 Å². The zero-order valence-corrected chi connectivity index (χ0v) is 21.7. The van der Waals surface area contributed by atoms with E-state index >= 15 is 0 Å². The Hall–Kier alpha value is -4.66. The van der Waals surface area contributed by atoms with Gasteiger partial charge in [0.15, 0.2) is 0 Å². The summed E-state index contributed by atoms with van der Waals surface area (Å²) >= 11 is 0. The first-order valence-corrected chi connectivity index (χ1v) is 12.6. The Morgan fingerprint density at radius 2 is 1.10 bits per heavy atom. The normalized spacial score (nSPS) is 11.9. The second-order valence-corrected chi connectivity index (χ2v) is 8.77. The van der Waals surface area contributed by atoms with Crippen molar-refractivity contribution in [1.82, 2.24) is 10.6 Å². The second-order valence-electron chi connectivity index (χ2n) is 8.77. The molecule has 204 valence electrons. The van der Waals surface area contributed by atoms with Gasteiger partial charge in [-0.2, -0.15) is 0 Å². The maximum absolute atomic E-state index is 12.8. The molecule has 0 bridgehead atoms. The molecule has 0 unspecified atom stereocenters. The van der Waals surface area contributed by atoms with Gasteiger partial charge in [0.1, 0.15) is 31.9 Å². The smallest absolute Gasteiger partial charge is 0.408 e. The zero-order chi connectivity index (χ0) is 27.9. The summed E-state index contributed by atoms with van der Waals surface area (Å²) in [6.45, 7) is 1.60. The quantitative estimate of drug-likeness (QED) is 0.252. The van der Waals surface area contributed by atoms with Crippen LogP contribution in [0.4, 0.5) is 4.79 Å². The number of ether oxygens (including phenoxy) is 3. The molecule has 39 heavy (non-hydrogen) atoms. The van der Waals surface area contributed by atoms with E-state index < -0.39 is 36.0 Å². The number of nitrogens with one attached hydrogen (secondary N) is 2. The van der Waals surface area contributed by atoms with E-state index in [9.17, 15) is 19.2 Å². The first kappa shape index (κ1) is 28.9. The Labute approximate surface area is 227 Å². The summed E-state index contributed by atoms with van der Waals surface area (Å²) in [6, 6.07) is 25.2. The molecule has 0 heterocycles. The molecule has 0 saturated carbocycles. The SMILES string of the molecule is C[C@@H](NC(=O)OCc1ccccc1)C(=O)N[C@H](CCC(=O)OCc1ccccc1)C(=O)OCc1ccccc1. The van der Waals surface area contributed by atoms with Crippen LogP contribution in [0.2, 0.25) is 0 Å². The van der Waals surface area contributed by atoms with Crippen LogP contribution in [-0.4, -0.2) is 36.0 Å². The number of carbonyl (C=O) groups is 4. The van der Waals surface area contributed by atoms with Crippen molar-refractivity contribution in [2.24, 2.45) is 0 Å². The molecule has 3 aromatic rings. The van der Waals surface area contributed by atoms with Crippen molar-refractivity contribution in [2.75, 3.05) is 0 Å². The summed E-state index contributed by atoms with van der Waals surface area (Å²) in [5, 5.41) is 5.01. The number of rotatable bonds is 13. The molecule has 0 aliphatic carbocycles. The van der Waals surface area contributed by atoms with E-state index in [4.69, 9.17) is 14.2 Å². The van der Waals surface area contributed by atoms with Crippen LogP contribution in [-0.2, 0) is 48.4 Å². The molecule has 0 radical (unpaired) electrons. The Morgan fingerprint density at radius 3 is 1.62 bits per heavy atom. The van der Waals surface area contributed by atoms with Gasteiger partial charge < -0.3 is 24.8 Å². The van der Waals surface area contributed by atoms with Gasteiger partial charge >= 0.3 is 18.0 Å². The first-order valence-electron chi connectivity index (χ1n) is 12.6. The highest BCUT2D eigenvalue weighted by Gasteiger charge is 2.27. The minimum Gasteiger partial charge on any atom is -0.461 e. The number of benzene rings is 3. The fourth-order valence-electron chi connectivity index (χ4n) is 3.45. The predicted molar refractivity (Wildman–Crippen MR) is 143 cm³/mol. The van der Waals surface area contributed by atoms with Crippen molar-refractivity contribution in [3.05, 3.63) is 108 Å². The number of esters is 2. The van der Waals surface area contributed by atoms with Crippen molar-refractivity contribution < 1.29 is 33.4 Å². The highest BCUT2D eigenvalue weighted by molar-refractivity contribution is 5.89. The van der Waals surface area contributed by atoms with E-state index in [0.717, 1.165) is 16.7 Å². The second kappa shape index (κ2) is 15.6. The number of hydrogen-bond donors (Lipinski definition) is 2. The van der Waals surface area contributed by atoms with E-state index in [0.29, 0.717) is 0 Å². The number of hydrogen-bond acceptors (Lipinski definition) is 7. The van der Waals surface area contributed by atoms with Crippen LogP contribution in [0, 0.1) is 0 Å². The number of amides is 2. The van der Waals surface area contributed by atoms with E-state index in [2.05, 4.69) is 10.6 Å². The van der Waals surface area contributed by atoms with Crippen LogP contribution < -0.4 is 10.6 Å². The van der Waals surface area contributed by atoms with Gasteiger partial charge in [-0.05, 0) is 30.0 Å². The summed E-state index contributed by atoms with van der Waals surface area (Å²) in [5.74, 6) is -1.86. The van der Waals surface area contributed by atoms with Crippen LogP contribution in [0.1, 0.15) is 36.5 Å². The van der Waals surface area contributed by atoms with Gasteiger partial charge in [0.25, 0.3) is 0 Å². The molecule has 0 aromatic heterocycles. The van der Waals surface area contributed by atoms with Crippen molar-refractivity contribution in [1.29, 1.82) is 0 Å². The van der Waals surface area contributed by atoms with Crippen LogP contribution in [0.5, 0.6) is 0 Å².